The van der Waals surface area contributed by atoms with Crippen LogP contribution in [0.2, 0.25) is 0 Å². The van der Waals surface area contributed by atoms with Crippen molar-refractivity contribution in [3.63, 3.8) is 0 Å². The summed E-state index contributed by atoms with van der Waals surface area (Å²) in [6, 6.07) is -0.233. The summed E-state index contributed by atoms with van der Waals surface area (Å²) < 4.78 is 0. The van der Waals surface area contributed by atoms with Gasteiger partial charge in [0.2, 0.25) is 5.91 Å². The lowest BCUT2D eigenvalue weighted by molar-refractivity contribution is -0.133. The van der Waals surface area contributed by atoms with Gasteiger partial charge in [0.15, 0.2) is 0 Å². The molecule has 0 saturated carbocycles. The van der Waals surface area contributed by atoms with E-state index in [2.05, 4.69) is 5.32 Å². The third-order valence-electron chi connectivity index (χ3n) is 3.39. The Balaban J connectivity index is 1.98. The van der Waals surface area contributed by atoms with E-state index >= 15 is 0 Å². The van der Waals surface area contributed by atoms with E-state index < -0.39 is 13.1 Å². The molecule has 0 aliphatic carbocycles. The van der Waals surface area contributed by atoms with Crippen LogP contribution in [0.1, 0.15) is 19.3 Å². The first-order chi connectivity index (χ1) is 7.59. The second kappa shape index (κ2) is 4.71. The van der Waals surface area contributed by atoms with Crippen molar-refractivity contribution in [2.45, 2.75) is 37.3 Å². The van der Waals surface area contributed by atoms with Crippen molar-refractivity contribution in [3.8, 4) is 0 Å². The molecular formula is C9H18BN3O3. The third kappa shape index (κ3) is 2.22. The second-order valence-corrected chi connectivity index (χ2v) is 4.61. The Morgan fingerprint density at radius 2 is 2.25 bits per heavy atom. The maximum Gasteiger partial charge on any atom is 0.475 e. The highest BCUT2D eigenvalue weighted by atomic mass is 16.4. The van der Waals surface area contributed by atoms with Gasteiger partial charge in [-0.15, -0.1) is 0 Å². The fourth-order valence-electron chi connectivity index (χ4n) is 2.53. The first-order valence-electron chi connectivity index (χ1n) is 5.75. The van der Waals surface area contributed by atoms with Crippen LogP contribution >= 0.6 is 0 Å². The van der Waals surface area contributed by atoms with Crippen LogP contribution in [0.4, 0.5) is 0 Å². The number of nitrogens with two attached hydrogens (primary N) is 1. The van der Waals surface area contributed by atoms with Gasteiger partial charge in [-0.3, -0.25) is 4.79 Å². The first-order valence-corrected chi connectivity index (χ1v) is 5.75. The van der Waals surface area contributed by atoms with Crippen molar-refractivity contribution >= 4 is 13.0 Å². The molecule has 0 spiro atoms. The summed E-state index contributed by atoms with van der Waals surface area (Å²) in [6.07, 6.45) is 2.11. The predicted octanol–water partition coefficient (Wildman–Crippen LogP) is -2.32. The predicted molar refractivity (Wildman–Crippen MR) is 59.3 cm³/mol. The number of carbonyl (C=O) groups is 1. The zero-order valence-electron chi connectivity index (χ0n) is 9.17. The molecule has 90 valence electrons. The summed E-state index contributed by atoms with van der Waals surface area (Å²) in [5.41, 5.74) is 5.72. The molecule has 7 heteroatoms. The highest BCUT2D eigenvalue weighted by Crippen LogP contribution is 2.20. The molecule has 0 aromatic carbocycles. The van der Waals surface area contributed by atoms with Gasteiger partial charge >= 0.3 is 7.12 Å². The number of hydrogen-bond donors (Lipinski definition) is 4. The lowest BCUT2D eigenvalue weighted by Gasteiger charge is -2.26. The largest absolute Gasteiger partial charge is 0.475 e. The molecule has 2 aliphatic rings. The Hall–Kier alpha value is -0.625. The van der Waals surface area contributed by atoms with Crippen molar-refractivity contribution in [3.05, 3.63) is 0 Å². The van der Waals surface area contributed by atoms with Crippen LogP contribution in [-0.4, -0.2) is 59.1 Å². The smallest absolute Gasteiger partial charge is 0.426 e. The summed E-state index contributed by atoms with van der Waals surface area (Å²) in [4.78, 5) is 13.7. The zero-order valence-corrected chi connectivity index (χ0v) is 9.17. The van der Waals surface area contributed by atoms with Crippen LogP contribution in [-0.2, 0) is 4.79 Å². The van der Waals surface area contributed by atoms with E-state index in [0.29, 0.717) is 25.9 Å². The van der Waals surface area contributed by atoms with Gasteiger partial charge in [0, 0.05) is 19.1 Å². The average Bonchev–Trinajstić information content (AvgIpc) is 2.84. The van der Waals surface area contributed by atoms with Crippen molar-refractivity contribution in [2.24, 2.45) is 5.73 Å². The minimum atomic E-state index is -1.44. The van der Waals surface area contributed by atoms with Gasteiger partial charge in [0.1, 0.15) is 0 Å². The minimum absolute atomic E-state index is 0.0223. The highest BCUT2D eigenvalue weighted by Gasteiger charge is 2.40. The Kier molecular flexibility index (Phi) is 3.49. The lowest BCUT2D eigenvalue weighted by atomic mass is 9.77. The van der Waals surface area contributed by atoms with Crippen molar-refractivity contribution in [2.75, 3.05) is 13.1 Å². The maximum atomic E-state index is 12.1. The zero-order chi connectivity index (χ0) is 11.7. The molecule has 5 N–H and O–H groups in total. The molecule has 1 amide bonds. The van der Waals surface area contributed by atoms with E-state index in [1.807, 2.05) is 0 Å². The maximum absolute atomic E-state index is 12.1. The fraction of sp³-hybridized carbons (Fsp3) is 0.889. The molecule has 2 saturated heterocycles. The number of carbonyl (C=O) groups excluding carboxylic acids is 1. The number of nitrogens with one attached hydrogen (secondary N) is 1. The molecule has 0 bridgehead atoms. The fourth-order valence-corrected chi connectivity index (χ4v) is 2.53. The molecule has 1 unspecified atom stereocenters. The monoisotopic (exact) mass is 227 g/mol. The molecule has 3 atom stereocenters. The number of rotatable bonds is 2. The number of nitrogens with zero attached hydrogens (tertiary/aromatic N) is 1. The minimum Gasteiger partial charge on any atom is -0.426 e. The Bertz CT molecular complexity index is 277. The van der Waals surface area contributed by atoms with Gasteiger partial charge in [-0.2, -0.15) is 0 Å². The van der Waals surface area contributed by atoms with Gasteiger partial charge in [-0.1, -0.05) is 0 Å². The Labute approximate surface area is 94.9 Å². The van der Waals surface area contributed by atoms with Gasteiger partial charge in [0.05, 0.1) is 12.0 Å². The van der Waals surface area contributed by atoms with E-state index in [1.165, 1.54) is 0 Å². The van der Waals surface area contributed by atoms with Gasteiger partial charge in [-0.05, 0) is 19.3 Å². The van der Waals surface area contributed by atoms with Crippen LogP contribution in [0.5, 0.6) is 0 Å². The molecule has 6 nitrogen and oxygen atoms in total. The van der Waals surface area contributed by atoms with Crippen LogP contribution in [0.3, 0.4) is 0 Å². The van der Waals surface area contributed by atoms with Crippen LogP contribution in [0.15, 0.2) is 0 Å². The first kappa shape index (κ1) is 11.8. The van der Waals surface area contributed by atoms with Crippen LogP contribution in [0.25, 0.3) is 0 Å². The van der Waals surface area contributed by atoms with Crippen molar-refractivity contribution in [1.29, 1.82) is 0 Å². The number of likely N-dealkylation sites (tertiary alicyclic amines) is 1. The van der Waals surface area contributed by atoms with E-state index in [0.717, 1.165) is 6.42 Å². The topological polar surface area (TPSA) is 98.8 Å². The quantitative estimate of drug-likeness (QED) is 0.397. The second-order valence-electron chi connectivity index (χ2n) is 4.61. The normalized spacial score (nSPS) is 34.4. The highest BCUT2D eigenvalue weighted by molar-refractivity contribution is 6.43. The Morgan fingerprint density at radius 3 is 2.81 bits per heavy atom. The molecule has 0 aromatic rings. The van der Waals surface area contributed by atoms with E-state index in [4.69, 9.17) is 5.73 Å². The summed E-state index contributed by atoms with van der Waals surface area (Å²) in [7, 11) is -1.44. The molecular weight excluding hydrogens is 209 g/mol. The Morgan fingerprint density at radius 1 is 1.50 bits per heavy atom. The summed E-state index contributed by atoms with van der Waals surface area (Å²) in [6.45, 7) is 1.26. The molecule has 0 radical (unpaired) electrons. The SMILES string of the molecule is N[C@H]1CNC(C(=O)N2CCC[C@H]2B(O)O)C1. The molecule has 0 aromatic heterocycles. The molecule has 2 heterocycles. The molecule has 2 aliphatic heterocycles. The van der Waals surface area contributed by atoms with Crippen LogP contribution < -0.4 is 11.1 Å². The summed E-state index contributed by atoms with van der Waals surface area (Å²) in [5, 5.41) is 21.4. The van der Waals surface area contributed by atoms with Gasteiger partial charge in [-0.25, -0.2) is 0 Å². The van der Waals surface area contributed by atoms with Gasteiger partial charge < -0.3 is 26.0 Å². The van der Waals surface area contributed by atoms with Crippen LogP contribution in [0, 0.1) is 0 Å². The average molecular weight is 227 g/mol. The van der Waals surface area contributed by atoms with Crippen molar-refractivity contribution < 1.29 is 14.8 Å². The summed E-state index contributed by atoms with van der Waals surface area (Å²) in [5.74, 6) is -0.505. The lowest BCUT2D eigenvalue weighted by Crippen LogP contribution is -2.51. The molecule has 16 heavy (non-hydrogen) atoms. The van der Waals surface area contributed by atoms with Crippen molar-refractivity contribution in [1.82, 2.24) is 10.2 Å². The molecule has 2 rings (SSSR count). The van der Waals surface area contributed by atoms with E-state index in [9.17, 15) is 14.8 Å². The standard InChI is InChI=1S/C9H18BN3O3/c11-6-4-7(12-5-6)9(14)13-3-1-2-8(13)10(15)16/h6-8,12,15-16H,1-5,11H2/t6-,7?,8+/m1/s1. The van der Waals surface area contributed by atoms with E-state index in [-0.39, 0.29) is 18.0 Å². The number of hydrogen-bond acceptors (Lipinski definition) is 5. The van der Waals surface area contributed by atoms with Gasteiger partial charge in [0.25, 0.3) is 0 Å². The third-order valence-corrected chi connectivity index (χ3v) is 3.39. The summed E-state index contributed by atoms with van der Waals surface area (Å²) >= 11 is 0. The van der Waals surface area contributed by atoms with E-state index in [1.54, 1.807) is 4.90 Å². The molecule has 2 fully saturated rings. The number of amides is 1.